The van der Waals surface area contributed by atoms with E-state index in [0.717, 1.165) is 36.7 Å². The summed E-state index contributed by atoms with van der Waals surface area (Å²) in [5.41, 5.74) is 4.75. The fourth-order valence-corrected chi connectivity index (χ4v) is 4.03. The smallest absolute Gasteiger partial charge is 0.325 e. The number of carbonyl (C=O) groups excluding carboxylic acids is 4. The molecule has 15 nitrogen and oxygen atoms in total. The van der Waals surface area contributed by atoms with Crippen molar-refractivity contribution in [2.45, 2.75) is 69.4 Å². The lowest BCUT2D eigenvalue weighted by Gasteiger charge is -2.19. The number of esters is 2. The van der Waals surface area contributed by atoms with Gasteiger partial charge in [-0.2, -0.15) is 0 Å². The standard InChI is InChI=1S/C24H35N5O10S/c1-3-5-11-38-22(31)14-26-23(32)18(27-21(30)10-8-17(25)24(33)39-12-6-4-2)15-40-20-9-7-16(28(34)35)13-19(20)29(36)37/h7,9,13,17-18H,3-6,8,10-12,14-15,25H2,1-2H3,(H,26,32)(H,27,30). The molecule has 2 amide bonds. The molecule has 0 saturated carbocycles. The van der Waals surface area contributed by atoms with Gasteiger partial charge in [-0.05, 0) is 25.3 Å². The fourth-order valence-electron chi connectivity index (χ4n) is 3.00. The number of ether oxygens (including phenoxy) is 2. The minimum atomic E-state index is -1.26. The number of nitrogens with two attached hydrogens (primary N) is 1. The molecule has 0 heterocycles. The minimum Gasteiger partial charge on any atom is -0.465 e. The van der Waals surface area contributed by atoms with Crippen LogP contribution in [0.2, 0.25) is 0 Å². The summed E-state index contributed by atoms with van der Waals surface area (Å²) < 4.78 is 10.0. The number of amides is 2. The average molecular weight is 586 g/mol. The highest BCUT2D eigenvalue weighted by Gasteiger charge is 2.26. The first kappa shape index (κ1) is 34.2. The highest BCUT2D eigenvalue weighted by atomic mass is 32.2. The van der Waals surface area contributed by atoms with Gasteiger partial charge in [0, 0.05) is 18.2 Å². The molecule has 4 N–H and O–H groups in total. The largest absolute Gasteiger partial charge is 0.465 e. The Morgan fingerprint density at radius 3 is 2.27 bits per heavy atom. The Morgan fingerprint density at radius 2 is 1.68 bits per heavy atom. The molecular formula is C24H35N5O10S. The summed E-state index contributed by atoms with van der Waals surface area (Å²) in [4.78, 5) is 70.1. The first-order valence-corrected chi connectivity index (χ1v) is 13.7. The van der Waals surface area contributed by atoms with Crippen molar-refractivity contribution in [3.63, 3.8) is 0 Å². The number of nitro benzene ring substituents is 2. The van der Waals surface area contributed by atoms with Crippen LogP contribution in [0.1, 0.15) is 52.4 Å². The van der Waals surface area contributed by atoms with Gasteiger partial charge in [0.25, 0.3) is 11.4 Å². The molecule has 1 rings (SSSR count). The normalized spacial score (nSPS) is 12.1. The zero-order valence-corrected chi connectivity index (χ0v) is 23.2. The molecule has 0 aliphatic heterocycles. The van der Waals surface area contributed by atoms with E-state index in [1.165, 1.54) is 6.07 Å². The van der Waals surface area contributed by atoms with Gasteiger partial charge in [0.15, 0.2) is 0 Å². The number of non-ortho nitro benzene ring substituents is 1. The first-order valence-electron chi connectivity index (χ1n) is 12.7. The van der Waals surface area contributed by atoms with Crippen LogP contribution in [0, 0.1) is 20.2 Å². The van der Waals surface area contributed by atoms with Crippen LogP contribution in [-0.2, 0) is 28.7 Å². The Balaban J connectivity index is 2.90. The van der Waals surface area contributed by atoms with Gasteiger partial charge in [-0.1, -0.05) is 26.7 Å². The molecule has 0 aliphatic carbocycles. The number of carbonyl (C=O) groups is 4. The number of unbranched alkanes of at least 4 members (excludes halogenated alkanes) is 2. The molecule has 0 saturated heterocycles. The highest BCUT2D eigenvalue weighted by molar-refractivity contribution is 7.99. The van der Waals surface area contributed by atoms with Crippen molar-refractivity contribution < 1.29 is 38.5 Å². The van der Waals surface area contributed by atoms with Crippen LogP contribution in [-0.4, -0.2) is 71.2 Å². The zero-order valence-electron chi connectivity index (χ0n) is 22.4. The van der Waals surface area contributed by atoms with Gasteiger partial charge in [0.2, 0.25) is 11.8 Å². The second kappa shape index (κ2) is 18.5. The summed E-state index contributed by atoms with van der Waals surface area (Å²) in [6.07, 6.45) is 2.67. The van der Waals surface area contributed by atoms with Crippen molar-refractivity contribution in [2.24, 2.45) is 5.73 Å². The number of nitrogens with one attached hydrogen (secondary N) is 2. The van der Waals surface area contributed by atoms with Crippen molar-refractivity contribution in [1.82, 2.24) is 10.6 Å². The molecular weight excluding hydrogens is 550 g/mol. The Bertz CT molecular complexity index is 1050. The van der Waals surface area contributed by atoms with Gasteiger partial charge in [-0.3, -0.25) is 39.4 Å². The summed E-state index contributed by atoms with van der Waals surface area (Å²) in [7, 11) is 0. The van der Waals surface area contributed by atoms with E-state index < -0.39 is 63.6 Å². The molecule has 1 aromatic carbocycles. The van der Waals surface area contributed by atoms with E-state index in [1.54, 1.807) is 0 Å². The number of nitro groups is 2. The van der Waals surface area contributed by atoms with Crippen LogP contribution in [0.25, 0.3) is 0 Å². The van der Waals surface area contributed by atoms with E-state index >= 15 is 0 Å². The number of nitrogens with zero attached hydrogens (tertiary/aromatic N) is 2. The predicted octanol–water partition coefficient (Wildman–Crippen LogP) is 1.99. The molecule has 0 radical (unpaired) electrons. The van der Waals surface area contributed by atoms with E-state index in [2.05, 4.69) is 10.6 Å². The second-order valence-electron chi connectivity index (χ2n) is 8.56. The van der Waals surface area contributed by atoms with Crippen LogP contribution >= 0.6 is 11.8 Å². The van der Waals surface area contributed by atoms with Crippen LogP contribution < -0.4 is 16.4 Å². The molecule has 16 heteroatoms. The van der Waals surface area contributed by atoms with Crippen molar-refractivity contribution in [1.29, 1.82) is 0 Å². The van der Waals surface area contributed by atoms with E-state index in [1.807, 2.05) is 13.8 Å². The maximum Gasteiger partial charge on any atom is 0.325 e. The van der Waals surface area contributed by atoms with E-state index in [0.29, 0.717) is 12.8 Å². The molecule has 40 heavy (non-hydrogen) atoms. The average Bonchev–Trinajstić information content (AvgIpc) is 2.92. The minimum absolute atomic E-state index is 0.0264. The van der Waals surface area contributed by atoms with Crippen molar-refractivity contribution in [3.05, 3.63) is 38.4 Å². The SMILES string of the molecule is CCCCOC(=O)CNC(=O)C(CSc1ccc([N+](=O)[O-])cc1[N+](=O)[O-])NC(=O)CCC(N)C(=O)OCCCC. The van der Waals surface area contributed by atoms with Crippen molar-refractivity contribution >= 4 is 46.9 Å². The number of rotatable bonds is 19. The summed E-state index contributed by atoms with van der Waals surface area (Å²) in [6.45, 7) is 3.78. The molecule has 2 unspecified atom stereocenters. The van der Waals surface area contributed by atoms with Crippen molar-refractivity contribution in [3.8, 4) is 0 Å². The quantitative estimate of drug-likeness (QED) is 0.0697. The maximum absolute atomic E-state index is 12.8. The zero-order chi connectivity index (χ0) is 30.1. The molecule has 1 aromatic rings. The van der Waals surface area contributed by atoms with Gasteiger partial charge in [0.05, 0.1) is 34.0 Å². The topological polar surface area (TPSA) is 223 Å². The fraction of sp³-hybridized carbons (Fsp3) is 0.583. The molecule has 0 fully saturated rings. The van der Waals surface area contributed by atoms with Crippen LogP contribution in [0.15, 0.2) is 23.1 Å². The van der Waals surface area contributed by atoms with Crippen molar-refractivity contribution in [2.75, 3.05) is 25.5 Å². The van der Waals surface area contributed by atoms with Gasteiger partial charge < -0.3 is 25.8 Å². The monoisotopic (exact) mass is 585 g/mol. The maximum atomic E-state index is 12.8. The van der Waals surface area contributed by atoms with E-state index in [-0.39, 0.29) is 36.7 Å². The number of hydrogen-bond donors (Lipinski definition) is 3. The summed E-state index contributed by atoms with van der Waals surface area (Å²) in [5.74, 6) is -2.95. The number of hydrogen-bond acceptors (Lipinski definition) is 12. The Labute approximate surface area is 235 Å². The third kappa shape index (κ3) is 12.8. The highest BCUT2D eigenvalue weighted by Crippen LogP contribution is 2.32. The Morgan fingerprint density at radius 1 is 1.02 bits per heavy atom. The van der Waals surface area contributed by atoms with E-state index in [4.69, 9.17) is 15.2 Å². The number of benzene rings is 1. The molecule has 0 spiro atoms. The second-order valence-corrected chi connectivity index (χ2v) is 9.62. The third-order valence-corrected chi connectivity index (χ3v) is 6.46. The molecule has 222 valence electrons. The summed E-state index contributed by atoms with van der Waals surface area (Å²) in [6, 6.07) is 0.735. The molecule has 2 atom stereocenters. The predicted molar refractivity (Wildman–Crippen MR) is 144 cm³/mol. The third-order valence-electron chi connectivity index (χ3n) is 5.30. The van der Waals surface area contributed by atoms with Crippen LogP contribution in [0.5, 0.6) is 0 Å². The van der Waals surface area contributed by atoms with Gasteiger partial charge in [0.1, 0.15) is 18.6 Å². The number of thioether (sulfide) groups is 1. The Hall–Kier alpha value is -3.79. The molecule has 0 aromatic heterocycles. The summed E-state index contributed by atoms with van der Waals surface area (Å²) >= 11 is 0.811. The van der Waals surface area contributed by atoms with E-state index in [9.17, 15) is 39.4 Å². The summed E-state index contributed by atoms with van der Waals surface area (Å²) in [5, 5.41) is 27.3. The van der Waals surface area contributed by atoms with Gasteiger partial charge in [-0.15, -0.1) is 11.8 Å². The van der Waals surface area contributed by atoms with Gasteiger partial charge in [-0.25, -0.2) is 0 Å². The van der Waals surface area contributed by atoms with Crippen LogP contribution in [0.4, 0.5) is 11.4 Å². The lowest BCUT2D eigenvalue weighted by Crippen LogP contribution is -2.49. The molecule has 0 bridgehead atoms. The van der Waals surface area contributed by atoms with Crippen LogP contribution in [0.3, 0.4) is 0 Å². The van der Waals surface area contributed by atoms with Gasteiger partial charge >= 0.3 is 11.9 Å². The lowest BCUT2D eigenvalue weighted by molar-refractivity contribution is -0.396. The first-order chi connectivity index (χ1) is 19.0. The molecule has 0 aliphatic rings. The Kier molecular flexibility index (Phi) is 15.8. The lowest BCUT2D eigenvalue weighted by atomic mass is 10.1.